The van der Waals surface area contributed by atoms with E-state index in [1.54, 1.807) is 0 Å². The van der Waals surface area contributed by atoms with Crippen LogP contribution in [-0.2, 0) is 17.2 Å². The van der Waals surface area contributed by atoms with Crippen molar-refractivity contribution in [3.63, 3.8) is 0 Å². The monoisotopic (exact) mass is 389 g/mol. The van der Waals surface area contributed by atoms with Crippen molar-refractivity contribution in [1.29, 1.82) is 0 Å². The zero-order chi connectivity index (χ0) is 19.1. The summed E-state index contributed by atoms with van der Waals surface area (Å²) in [6, 6.07) is 8.42. The number of aromatic amines is 1. The number of H-pyrrole nitrogens is 1. The smallest absolute Gasteiger partial charge is 0.191 e. The Morgan fingerprint density at radius 2 is 2.19 bits per heavy atom. The molecule has 1 aromatic carbocycles. The minimum Gasteiger partial charge on any atom is -0.357 e. The molecule has 1 aromatic heterocycles. The molecule has 1 aliphatic carbocycles. The summed E-state index contributed by atoms with van der Waals surface area (Å²) in [5.74, 6) is 2.57. The largest absolute Gasteiger partial charge is 0.357 e. The van der Waals surface area contributed by atoms with Crippen LogP contribution in [0.3, 0.4) is 0 Å². The molecule has 0 amide bonds. The molecule has 1 saturated carbocycles. The van der Waals surface area contributed by atoms with Gasteiger partial charge in [0, 0.05) is 47.4 Å². The van der Waals surface area contributed by atoms with Gasteiger partial charge >= 0.3 is 0 Å². The van der Waals surface area contributed by atoms with Crippen LogP contribution in [0.25, 0.3) is 11.0 Å². The Balaban J connectivity index is 1.56. The van der Waals surface area contributed by atoms with Crippen LogP contribution < -0.4 is 10.6 Å². The average Bonchev–Trinajstić information content (AvgIpc) is 3.10. The number of rotatable bonds is 7. The quantitative estimate of drug-likeness (QED) is 0.502. The van der Waals surface area contributed by atoms with Gasteiger partial charge < -0.3 is 15.6 Å². The van der Waals surface area contributed by atoms with Crippen molar-refractivity contribution in [3.8, 4) is 0 Å². The first kappa shape index (κ1) is 19.9. The normalized spacial score (nSPS) is 21.9. The van der Waals surface area contributed by atoms with E-state index in [-0.39, 0.29) is 0 Å². The maximum absolute atomic E-state index is 12.2. The number of hydrogen-bond acceptors (Lipinski definition) is 3. The van der Waals surface area contributed by atoms with Crippen molar-refractivity contribution in [1.82, 2.24) is 20.6 Å². The average molecular weight is 390 g/mol. The van der Waals surface area contributed by atoms with Crippen molar-refractivity contribution >= 4 is 27.8 Å². The zero-order valence-electron chi connectivity index (χ0n) is 16.3. The van der Waals surface area contributed by atoms with Crippen molar-refractivity contribution < 1.29 is 4.21 Å². The summed E-state index contributed by atoms with van der Waals surface area (Å²) in [5.41, 5.74) is 2.07. The van der Waals surface area contributed by atoms with Gasteiger partial charge in [0.2, 0.25) is 0 Å². The second-order valence-electron chi connectivity index (χ2n) is 7.01. The Hall–Kier alpha value is -1.89. The molecule has 7 heteroatoms. The third-order valence-electron chi connectivity index (χ3n) is 5.02. The first-order chi connectivity index (χ1) is 13.2. The summed E-state index contributed by atoms with van der Waals surface area (Å²) < 4.78 is 12.2. The lowest BCUT2D eigenvalue weighted by molar-refractivity contribution is 0.413. The van der Waals surface area contributed by atoms with Gasteiger partial charge in [0.1, 0.15) is 5.82 Å². The van der Waals surface area contributed by atoms with E-state index in [1.165, 1.54) is 0 Å². The molecule has 6 nitrogen and oxygen atoms in total. The number of guanidine groups is 1. The predicted molar refractivity (Wildman–Crippen MR) is 114 cm³/mol. The van der Waals surface area contributed by atoms with Crippen molar-refractivity contribution in [3.05, 3.63) is 30.1 Å². The maximum Gasteiger partial charge on any atom is 0.191 e. The summed E-state index contributed by atoms with van der Waals surface area (Å²) in [5, 5.41) is 7.20. The highest BCUT2D eigenvalue weighted by Crippen LogP contribution is 2.23. The summed E-state index contributed by atoms with van der Waals surface area (Å²) in [6.45, 7) is 5.59. The summed E-state index contributed by atoms with van der Waals surface area (Å²) in [7, 11) is -0.704. The lowest BCUT2D eigenvalue weighted by atomic mass is 9.95. The fraction of sp³-hybridized carbons (Fsp3) is 0.600. The van der Waals surface area contributed by atoms with E-state index in [1.807, 2.05) is 31.2 Å². The fourth-order valence-electron chi connectivity index (χ4n) is 3.66. The van der Waals surface area contributed by atoms with Crippen LogP contribution in [0.1, 0.15) is 45.4 Å². The molecular formula is C20H31N5OS. The predicted octanol–water partition coefficient (Wildman–Crippen LogP) is 2.74. The van der Waals surface area contributed by atoms with E-state index >= 15 is 0 Å². The Morgan fingerprint density at radius 3 is 2.96 bits per heavy atom. The number of aliphatic imine (C=N–C) groups is 1. The van der Waals surface area contributed by atoms with E-state index < -0.39 is 10.8 Å². The van der Waals surface area contributed by atoms with Crippen LogP contribution in [0.5, 0.6) is 0 Å². The minimum absolute atomic E-state index is 0.319. The molecule has 27 heavy (non-hydrogen) atoms. The molecule has 3 atom stereocenters. The highest BCUT2D eigenvalue weighted by molar-refractivity contribution is 7.85. The maximum atomic E-state index is 12.2. The van der Waals surface area contributed by atoms with Gasteiger partial charge in [-0.2, -0.15) is 0 Å². The molecule has 0 spiro atoms. The molecule has 3 rings (SSSR count). The highest BCUT2D eigenvalue weighted by Gasteiger charge is 2.26. The van der Waals surface area contributed by atoms with Crippen molar-refractivity contribution in [2.75, 3.05) is 18.8 Å². The van der Waals surface area contributed by atoms with E-state index in [2.05, 4.69) is 27.5 Å². The first-order valence-corrected chi connectivity index (χ1v) is 11.4. The first-order valence-electron chi connectivity index (χ1n) is 10.0. The second-order valence-corrected chi connectivity index (χ2v) is 9.02. The molecular weight excluding hydrogens is 358 g/mol. The number of imidazole rings is 1. The SMILES string of the molecule is CCNC(=NCCc1nc2ccccc2[nH]1)NC1CCCC(S(=O)CC)C1. The second kappa shape index (κ2) is 9.88. The van der Waals surface area contributed by atoms with Crippen LogP contribution in [-0.4, -0.2) is 50.3 Å². The number of nitrogens with one attached hydrogen (secondary N) is 3. The third-order valence-corrected chi connectivity index (χ3v) is 6.77. The van der Waals surface area contributed by atoms with Gasteiger partial charge in [-0.3, -0.25) is 9.20 Å². The van der Waals surface area contributed by atoms with Crippen LogP contribution >= 0.6 is 0 Å². The van der Waals surface area contributed by atoms with Gasteiger partial charge in [0.05, 0.1) is 11.0 Å². The Bertz CT molecular complexity index is 755. The van der Waals surface area contributed by atoms with Gasteiger partial charge in [-0.25, -0.2) is 4.98 Å². The van der Waals surface area contributed by atoms with Gasteiger partial charge in [-0.05, 0) is 38.3 Å². The molecule has 3 unspecified atom stereocenters. The van der Waals surface area contributed by atoms with Crippen LogP contribution in [0.15, 0.2) is 29.3 Å². The standard InChI is InChI=1S/C20H31N5OS/c1-3-21-20(23-15-8-7-9-16(14-15)27(26)4-2)22-13-12-19-24-17-10-5-6-11-18(17)25-19/h5-6,10-11,15-16H,3-4,7-9,12-14H2,1-2H3,(H,24,25)(H2,21,22,23). The number of fused-ring (bicyclic) bond motifs is 1. The van der Waals surface area contributed by atoms with Gasteiger partial charge in [0.15, 0.2) is 5.96 Å². The Kier molecular flexibility index (Phi) is 7.26. The molecule has 1 heterocycles. The number of benzene rings is 1. The molecule has 1 fully saturated rings. The van der Waals surface area contributed by atoms with Crippen molar-refractivity contribution in [2.45, 2.75) is 57.2 Å². The summed E-state index contributed by atoms with van der Waals surface area (Å²) in [4.78, 5) is 12.7. The zero-order valence-corrected chi connectivity index (χ0v) is 17.1. The van der Waals surface area contributed by atoms with E-state index in [0.29, 0.717) is 17.8 Å². The minimum atomic E-state index is -0.704. The summed E-state index contributed by atoms with van der Waals surface area (Å²) >= 11 is 0. The lowest BCUT2D eigenvalue weighted by Gasteiger charge is -2.30. The molecule has 3 N–H and O–H groups in total. The van der Waals surface area contributed by atoms with E-state index in [0.717, 1.165) is 67.2 Å². The topological polar surface area (TPSA) is 82.2 Å². The molecule has 1 aliphatic rings. The highest BCUT2D eigenvalue weighted by atomic mass is 32.2. The molecule has 0 saturated heterocycles. The lowest BCUT2D eigenvalue weighted by Crippen LogP contribution is -2.46. The molecule has 0 radical (unpaired) electrons. The number of para-hydroxylation sites is 2. The van der Waals surface area contributed by atoms with Gasteiger partial charge in [0.25, 0.3) is 0 Å². The van der Waals surface area contributed by atoms with Crippen LogP contribution in [0.2, 0.25) is 0 Å². The van der Waals surface area contributed by atoms with Crippen LogP contribution in [0.4, 0.5) is 0 Å². The molecule has 0 bridgehead atoms. The number of hydrogen-bond donors (Lipinski definition) is 3. The number of nitrogens with zero attached hydrogens (tertiary/aromatic N) is 2. The summed E-state index contributed by atoms with van der Waals surface area (Å²) in [6.07, 6.45) is 5.07. The molecule has 0 aliphatic heterocycles. The fourth-order valence-corrected chi connectivity index (χ4v) is 5.01. The van der Waals surface area contributed by atoms with Crippen molar-refractivity contribution in [2.24, 2.45) is 4.99 Å². The van der Waals surface area contributed by atoms with Crippen LogP contribution in [0, 0.1) is 0 Å². The molecule has 2 aromatic rings. The van der Waals surface area contributed by atoms with E-state index in [4.69, 9.17) is 4.99 Å². The van der Waals surface area contributed by atoms with Gasteiger partial charge in [-0.15, -0.1) is 0 Å². The Labute approximate surface area is 164 Å². The van der Waals surface area contributed by atoms with E-state index in [9.17, 15) is 4.21 Å². The third kappa shape index (κ3) is 5.54. The number of aromatic nitrogens is 2. The Morgan fingerprint density at radius 1 is 1.33 bits per heavy atom. The van der Waals surface area contributed by atoms with Gasteiger partial charge in [-0.1, -0.05) is 25.5 Å². The molecule has 148 valence electrons.